The van der Waals surface area contributed by atoms with E-state index in [1.54, 1.807) is 13.8 Å². The number of piperidine rings is 1. The average Bonchev–Trinajstić information content (AvgIpc) is 2.88. The summed E-state index contributed by atoms with van der Waals surface area (Å²) in [5.41, 5.74) is 0.803. The van der Waals surface area contributed by atoms with E-state index in [9.17, 15) is 17.6 Å². The van der Waals surface area contributed by atoms with Crippen LogP contribution >= 0.6 is 0 Å². The first-order valence-electron chi connectivity index (χ1n) is 12.5. The van der Waals surface area contributed by atoms with Gasteiger partial charge in [-0.3, -0.25) is 4.99 Å². The predicted octanol–water partition coefficient (Wildman–Crippen LogP) is 6.39. The zero-order valence-electron chi connectivity index (χ0n) is 21.1. The molecule has 2 heterocycles. The highest BCUT2D eigenvalue weighted by molar-refractivity contribution is 5.82. The summed E-state index contributed by atoms with van der Waals surface area (Å²) in [7, 11) is 0. The fourth-order valence-corrected chi connectivity index (χ4v) is 4.16. The lowest BCUT2D eigenvalue weighted by atomic mass is 9.98. The van der Waals surface area contributed by atoms with Crippen LogP contribution in [-0.2, 0) is 6.42 Å². The lowest BCUT2D eigenvalue weighted by Gasteiger charge is -2.31. The molecule has 1 aliphatic rings. The van der Waals surface area contributed by atoms with Crippen LogP contribution in [0.25, 0.3) is 11.1 Å². The fourth-order valence-electron chi connectivity index (χ4n) is 4.16. The minimum atomic E-state index is -0.928. The van der Waals surface area contributed by atoms with Gasteiger partial charge in [0.05, 0.1) is 12.2 Å². The van der Waals surface area contributed by atoms with Gasteiger partial charge in [-0.2, -0.15) is 0 Å². The molecule has 0 spiro atoms. The van der Waals surface area contributed by atoms with Gasteiger partial charge in [0.25, 0.3) is 0 Å². The molecule has 1 saturated heterocycles. The predicted molar refractivity (Wildman–Crippen MR) is 136 cm³/mol. The number of benzene rings is 2. The standard InChI is InChI=1S/C28H30F4N4O/c1-4-18-13-34-28(35-14-18)36-7-5-19(6-8-36)16-37-27-25(31)11-21(12-26(27)32)20-9-23(29)22(24(30)10-20)15-33-17(2)3/h9-15,17,19H,4-8,16H2,1-3H3. The van der Waals surface area contributed by atoms with E-state index in [4.69, 9.17) is 4.74 Å². The zero-order chi connectivity index (χ0) is 26.5. The Hall–Kier alpha value is -3.49. The molecule has 5 nitrogen and oxygen atoms in total. The Kier molecular flexibility index (Phi) is 8.41. The molecule has 0 bridgehead atoms. The number of anilines is 1. The van der Waals surface area contributed by atoms with Gasteiger partial charge in [-0.1, -0.05) is 6.92 Å². The first kappa shape index (κ1) is 26.6. The van der Waals surface area contributed by atoms with Crippen LogP contribution in [0, 0.1) is 29.2 Å². The van der Waals surface area contributed by atoms with E-state index in [0.717, 1.165) is 68.4 Å². The number of halogens is 4. The van der Waals surface area contributed by atoms with Crippen molar-refractivity contribution in [3.05, 3.63) is 71.1 Å². The summed E-state index contributed by atoms with van der Waals surface area (Å²) in [6.45, 7) is 7.20. The second-order valence-electron chi connectivity index (χ2n) is 9.48. The zero-order valence-corrected chi connectivity index (χ0v) is 21.1. The van der Waals surface area contributed by atoms with Crippen LogP contribution in [0.1, 0.15) is 44.7 Å². The minimum Gasteiger partial charge on any atom is -0.487 e. The maximum absolute atomic E-state index is 14.8. The molecule has 0 N–H and O–H groups in total. The molecule has 9 heteroatoms. The van der Waals surface area contributed by atoms with Crippen LogP contribution in [0.2, 0.25) is 0 Å². The Morgan fingerprint density at radius 1 is 0.946 bits per heavy atom. The first-order valence-corrected chi connectivity index (χ1v) is 12.5. The van der Waals surface area contributed by atoms with Crippen molar-refractivity contribution >= 4 is 12.2 Å². The molecule has 0 radical (unpaired) electrons. The number of hydrogen-bond donors (Lipinski definition) is 0. The number of nitrogens with zero attached hydrogens (tertiary/aromatic N) is 4. The molecule has 1 fully saturated rings. The summed E-state index contributed by atoms with van der Waals surface area (Å²) in [5.74, 6) is -3.28. The molecule has 0 aliphatic carbocycles. The third kappa shape index (κ3) is 6.45. The lowest BCUT2D eigenvalue weighted by Crippen LogP contribution is -2.36. The third-order valence-corrected chi connectivity index (χ3v) is 6.37. The number of hydrogen-bond acceptors (Lipinski definition) is 5. The van der Waals surface area contributed by atoms with E-state index in [0.29, 0.717) is 5.95 Å². The van der Waals surface area contributed by atoms with E-state index in [2.05, 4.69) is 19.9 Å². The minimum absolute atomic E-state index is 0.00916. The number of aliphatic imine (C=N–C) groups is 1. The summed E-state index contributed by atoms with van der Waals surface area (Å²) in [4.78, 5) is 14.9. The van der Waals surface area contributed by atoms with Crippen molar-refractivity contribution in [1.29, 1.82) is 0 Å². The largest absolute Gasteiger partial charge is 0.487 e. The van der Waals surface area contributed by atoms with E-state index in [-0.39, 0.29) is 35.3 Å². The first-order chi connectivity index (χ1) is 17.7. The van der Waals surface area contributed by atoms with Crippen molar-refractivity contribution in [2.45, 2.75) is 46.1 Å². The number of ether oxygens (including phenoxy) is 1. The smallest absolute Gasteiger partial charge is 0.225 e. The van der Waals surface area contributed by atoms with Gasteiger partial charge in [0.1, 0.15) is 11.6 Å². The summed E-state index contributed by atoms with van der Waals surface area (Å²) in [6.07, 6.45) is 7.19. The highest BCUT2D eigenvalue weighted by Crippen LogP contribution is 2.31. The molecule has 0 saturated carbocycles. The summed E-state index contributed by atoms with van der Waals surface area (Å²) in [6, 6.07) is 3.98. The van der Waals surface area contributed by atoms with Gasteiger partial charge >= 0.3 is 0 Å². The van der Waals surface area contributed by atoms with Gasteiger partial charge in [-0.05, 0) is 80.0 Å². The number of aromatic nitrogens is 2. The monoisotopic (exact) mass is 514 g/mol. The molecule has 1 aliphatic heterocycles. The fraction of sp³-hybridized carbons (Fsp3) is 0.393. The van der Waals surface area contributed by atoms with Crippen LogP contribution in [0.4, 0.5) is 23.5 Å². The molecule has 0 unspecified atom stereocenters. The Morgan fingerprint density at radius 3 is 2.00 bits per heavy atom. The highest BCUT2D eigenvalue weighted by Gasteiger charge is 2.23. The van der Waals surface area contributed by atoms with Crippen molar-refractivity contribution in [2.24, 2.45) is 10.9 Å². The molecular weight excluding hydrogens is 484 g/mol. The van der Waals surface area contributed by atoms with Crippen LogP contribution in [0.3, 0.4) is 0 Å². The lowest BCUT2D eigenvalue weighted by molar-refractivity contribution is 0.207. The molecule has 0 amide bonds. The van der Waals surface area contributed by atoms with Crippen LogP contribution in [0.15, 0.2) is 41.7 Å². The molecule has 3 aromatic rings. The average molecular weight is 515 g/mol. The van der Waals surface area contributed by atoms with Crippen LogP contribution in [0.5, 0.6) is 5.75 Å². The number of aryl methyl sites for hydroxylation is 1. The third-order valence-electron chi connectivity index (χ3n) is 6.37. The van der Waals surface area contributed by atoms with Gasteiger partial charge < -0.3 is 9.64 Å². The van der Waals surface area contributed by atoms with Crippen LogP contribution in [-0.4, -0.2) is 41.9 Å². The molecule has 0 atom stereocenters. The molecule has 2 aromatic carbocycles. The van der Waals surface area contributed by atoms with E-state index in [1.807, 2.05) is 19.3 Å². The Labute approximate surface area is 214 Å². The van der Waals surface area contributed by atoms with E-state index in [1.165, 1.54) is 0 Å². The Bertz CT molecular complexity index is 1210. The number of rotatable bonds is 8. The maximum atomic E-state index is 14.8. The Morgan fingerprint density at radius 2 is 1.49 bits per heavy atom. The van der Waals surface area contributed by atoms with Gasteiger partial charge in [0.2, 0.25) is 5.95 Å². The summed E-state index contributed by atoms with van der Waals surface area (Å²) >= 11 is 0. The molecular formula is C28H30F4N4O. The van der Waals surface area contributed by atoms with Crippen molar-refractivity contribution in [1.82, 2.24) is 9.97 Å². The van der Waals surface area contributed by atoms with Gasteiger partial charge in [-0.25, -0.2) is 27.5 Å². The maximum Gasteiger partial charge on any atom is 0.225 e. The summed E-state index contributed by atoms with van der Waals surface area (Å²) < 4.78 is 64.0. The van der Waals surface area contributed by atoms with E-state index < -0.39 is 29.0 Å². The SMILES string of the molecule is CCc1cnc(N2CCC(COc3c(F)cc(-c4cc(F)c(C=NC(C)C)c(F)c4)cc3F)CC2)nc1. The van der Waals surface area contributed by atoms with Crippen molar-refractivity contribution < 1.29 is 22.3 Å². The van der Waals surface area contributed by atoms with Crippen molar-refractivity contribution in [3.8, 4) is 16.9 Å². The van der Waals surface area contributed by atoms with Gasteiger partial charge in [0, 0.05) is 37.7 Å². The quantitative estimate of drug-likeness (QED) is 0.258. The highest BCUT2D eigenvalue weighted by atomic mass is 19.1. The molecule has 1 aromatic heterocycles. The topological polar surface area (TPSA) is 50.6 Å². The molecule has 37 heavy (non-hydrogen) atoms. The van der Waals surface area contributed by atoms with Gasteiger partial charge in [-0.15, -0.1) is 0 Å². The second-order valence-corrected chi connectivity index (χ2v) is 9.48. The molecule has 196 valence electrons. The molecule has 4 rings (SSSR count). The summed E-state index contributed by atoms with van der Waals surface area (Å²) in [5, 5.41) is 0. The Balaban J connectivity index is 1.39. The van der Waals surface area contributed by atoms with Crippen molar-refractivity contribution in [2.75, 3.05) is 24.6 Å². The van der Waals surface area contributed by atoms with Gasteiger partial charge in [0.15, 0.2) is 17.4 Å². The van der Waals surface area contributed by atoms with Crippen LogP contribution < -0.4 is 9.64 Å². The normalized spacial score (nSPS) is 14.6. The second kappa shape index (κ2) is 11.7. The van der Waals surface area contributed by atoms with Crippen molar-refractivity contribution in [3.63, 3.8) is 0 Å². The van der Waals surface area contributed by atoms with E-state index >= 15 is 0 Å².